The molecule has 16 nitrogen and oxygen atoms in total. The Balaban J connectivity index is 0.00000248. The minimum atomic E-state index is -1.21. The number of nitrogens with zero attached hydrogens (tertiary/aromatic N) is 6. The van der Waals surface area contributed by atoms with Gasteiger partial charge in [-0.05, 0) is 93.3 Å². The second-order valence-corrected chi connectivity index (χ2v) is 17.9. The van der Waals surface area contributed by atoms with E-state index in [-0.39, 0.29) is 42.7 Å². The van der Waals surface area contributed by atoms with Crippen molar-refractivity contribution in [1.29, 1.82) is 0 Å². The van der Waals surface area contributed by atoms with E-state index in [1.54, 1.807) is 22.9 Å². The van der Waals surface area contributed by atoms with Crippen LogP contribution in [0.3, 0.4) is 0 Å². The SMILES string of the molecule is CC[C@H]1OC(=O)[C@H](C)C(=O)C[C@@H](O[C@@H]2OC(C)CC(N(C)C)C2O)[C@](C)(OC)C[C@@H](C)CN[C@H](C)[C@H]2N(CCCCn3cc(-c4nccs4)nn3)C(=O)O[C@]12C.CSF. The predicted molar refractivity (Wildman–Crippen MR) is 223 cm³/mol. The lowest BCUT2D eigenvalue weighted by molar-refractivity contribution is -0.289. The zero-order valence-corrected chi connectivity index (χ0v) is 38.1. The van der Waals surface area contributed by atoms with Crippen LogP contribution in [0.25, 0.3) is 10.7 Å². The van der Waals surface area contributed by atoms with Crippen LogP contribution >= 0.6 is 23.5 Å². The van der Waals surface area contributed by atoms with Crippen molar-refractivity contribution < 1.29 is 47.1 Å². The van der Waals surface area contributed by atoms with Gasteiger partial charge in [0.05, 0.1) is 30.0 Å². The van der Waals surface area contributed by atoms with Gasteiger partial charge in [-0.15, -0.1) is 16.4 Å². The zero-order valence-electron chi connectivity index (χ0n) is 36.5. The topological polar surface area (TPSA) is 180 Å². The van der Waals surface area contributed by atoms with Crippen LogP contribution in [-0.4, -0.2) is 153 Å². The smallest absolute Gasteiger partial charge is 0.410 e. The van der Waals surface area contributed by atoms with E-state index in [2.05, 4.69) is 27.5 Å². The first-order valence-electron chi connectivity index (χ1n) is 20.5. The minimum Gasteiger partial charge on any atom is -0.458 e. The van der Waals surface area contributed by atoms with Crippen molar-refractivity contribution in [2.75, 3.05) is 40.6 Å². The number of carbonyl (C=O) groups excluding carboxylic acids is 3. The second kappa shape index (κ2) is 21.8. The first-order valence-corrected chi connectivity index (χ1v) is 22.5. The van der Waals surface area contributed by atoms with Crippen molar-refractivity contribution in [1.82, 2.24) is 35.1 Å². The lowest BCUT2D eigenvalue weighted by Gasteiger charge is -2.45. The number of ether oxygens (including phenoxy) is 5. The molecule has 3 aliphatic rings. The molecule has 0 radical (unpaired) electrons. The third-order valence-electron chi connectivity index (χ3n) is 11.9. The molecule has 0 aliphatic carbocycles. The molecule has 2 N–H and O–H groups in total. The number of aliphatic hydroxyl groups is 1. The maximum Gasteiger partial charge on any atom is 0.410 e. The normalized spacial score (nSPS) is 34.9. The van der Waals surface area contributed by atoms with Gasteiger partial charge in [0.25, 0.3) is 0 Å². The molecule has 59 heavy (non-hydrogen) atoms. The molecule has 0 spiro atoms. The lowest BCUT2D eigenvalue weighted by Crippen LogP contribution is -2.61. The summed E-state index contributed by atoms with van der Waals surface area (Å²) < 4.78 is 43.2. The molecule has 12 atom stereocenters. The summed E-state index contributed by atoms with van der Waals surface area (Å²) in [6, 6.07) is -0.996. The molecule has 0 bridgehead atoms. The van der Waals surface area contributed by atoms with E-state index in [1.165, 1.54) is 24.5 Å². The van der Waals surface area contributed by atoms with E-state index in [0.29, 0.717) is 45.3 Å². The molecule has 3 saturated heterocycles. The number of aliphatic hydroxyl groups excluding tert-OH is 1. The van der Waals surface area contributed by atoms with Crippen molar-refractivity contribution in [2.24, 2.45) is 11.8 Å². The molecule has 1 amide bonds. The summed E-state index contributed by atoms with van der Waals surface area (Å²) in [5, 5.41) is 26.2. The van der Waals surface area contributed by atoms with Gasteiger partial charge in [-0.1, -0.05) is 19.1 Å². The number of amides is 1. The number of methoxy groups -OCH3 is 1. The van der Waals surface area contributed by atoms with Crippen LogP contribution in [0.1, 0.15) is 87.0 Å². The standard InChI is InChI=1S/C39H63N7O9S.CH3FS/c1-11-30-39(7)33(46(37(50)55-39)16-13-12-15-45-22-27(42-43-45)34-40-14-17-56-34)26(5)41-21-23(2)20-38(6,51-10)31(19-29(47)25(4)35(49)53-30)54-36-32(48)28(44(8)9)18-24(3)52-36;1-3-2/h14,17,22-26,28,30-33,36,41,48H,11-13,15-16,18-21H2,1-10H3;1H3/t23-,24?,25-,26-,28?,30-,31-,32?,33-,36+,38-,39-;/m1./s1. The summed E-state index contributed by atoms with van der Waals surface area (Å²) >= 11 is 1.75. The van der Waals surface area contributed by atoms with Crippen LogP contribution < -0.4 is 5.32 Å². The zero-order chi connectivity index (χ0) is 43.7. The van der Waals surface area contributed by atoms with E-state index in [1.807, 2.05) is 65.2 Å². The number of esters is 1. The highest BCUT2D eigenvalue weighted by Crippen LogP contribution is 2.39. The number of halogens is 1. The molecule has 0 aromatic carbocycles. The molecule has 3 unspecified atom stereocenters. The summed E-state index contributed by atoms with van der Waals surface area (Å²) in [6.45, 7) is 14.7. The molecule has 19 heteroatoms. The van der Waals surface area contributed by atoms with Gasteiger partial charge in [-0.25, -0.2) is 9.78 Å². The molecule has 2 aromatic rings. The van der Waals surface area contributed by atoms with Gasteiger partial charge in [0.15, 0.2) is 11.9 Å². The molecule has 3 aliphatic heterocycles. The average Bonchev–Trinajstić information content (AvgIpc) is 3.95. The maximum absolute atomic E-state index is 14.0. The number of aromatic nitrogens is 4. The third kappa shape index (κ3) is 12.0. The summed E-state index contributed by atoms with van der Waals surface area (Å²) in [6.07, 6.45) is 3.29. The highest BCUT2D eigenvalue weighted by atomic mass is 32.2. The van der Waals surface area contributed by atoms with Gasteiger partial charge in [-0.2, -0.15) is 3.89 Å². The number of cyclic esters (lactones) is 1. The van der Waals surface area contributed by atoms with Gasteiger partial charge in [0, 0.05) is 68.7 Å². The van der Waals surface area contributed by atoms with E-state index < -0.39 is 65.6 Å². The number of Topliss-reactive ketones (excluding diaryl/α,β-unsaturated/α-hetero) is 1. The Morgan fingerprint density at radius 1 is 1.15 bits per heavy atom. The molecular formula is C40H66FN7O9S2. The fourth-order valence-electron chi connectivity index (χ4n) is 8.57. The second-order valence-electron chi connectivity index (χ2n) is 16.7. The van der Waals surface area contributed by atoms with Crippen LogP contribution in [0.15, 0.2) is 17.8 Å². The number of fused-ring (bicyclic) bond motifs is 1. The quantitative estimate of drug-likeness (QED) is 0.172. The average molecular weight is 872 g/mol. The van der Waals surface area contributed by atoms with Crippen molar-refractivity contribution in [3.8, 4) is 10.7 Å². The van der Waals surface area contributed by atoms with E-state index in [4.69, 9.17) is 23.7 Å². The summed E-state index contributed by atoms with van der Waals surface area (Å²) in [5.74, 6) is -2.25. The number of unbranched alkanes of at least 4 members (excludes halogenated alkanes) is 1. The summed E-state index contributed by atoms with van der Waals surface area (Å²) in [4.78, 5) is 49.6. The number of carbonyl (C=O) groups is 3. The molecule has 3 fully saturated rings. The molecule has 2 aromatic heterocycles. The predicted octanol–water partition coefficient (Wildman–Crippen LogP) is 5.15. The summed E-state index contributed by atoms with van der Waals surface area (Å²) in [5.41, 5.74) is -1.50. The number of aryl methyl sites for hydroxylation is 1. The molecular weight excluding hydrogens is 806 g/mol. The third-order valence-corrected chi connectivity index (χ3v) is 12.7. The first kappa shape index (κ1) is 48.9. The number of hydrogen-bond acceptors (Lipinski definition) is 16. The first-order chi connectivity index (χ1) is 27.9. The molecule has 334 valence electrons. The Morgan fingerprint density at radius 2 is 1.85 bits per heavy atom. The number of nitrogens with one attached hydrogen (secondary N) is 1. The van der Waals surface area contributed by atoms with Crippen molar-refractivity contribution >= 4 is 41.3 Å². The Bertz CT molecular complexity index is 1640. The van der Waals surface area contributed by atoms with Gasteiger partial charge >= 0.3 is 12.1 Å². The van der Waals surface area contributed by atoms with Gasteiger partial charge in [0.2, 0.25) is 0 Å². The monoisotopic (exact) mass is 871 g/mol. The fourth-order valence-corrected chi connectivity index (χ4v) is 9.15. The minimum absolute atomic E-state index is 0.00586. The Kier molecular flexibility index (Phi) is 18.1. The molecule has 5 heterocycles. The lowest BCUT2D eigenvalue weighted by atomic mass is 9.83. The van der Waals surface area contributed by atoms with E-state index >= 15 is 0 Å². The number of ketones is 1. The fraction of sp³-hybridized carbons (Fsp3) is 0.800. The number of thiazole rings is 1. The maximum atomic E-state index is 14.0. The van der Waals surface area contributed by atoms with Crippen LogP contribution in [0.5, 0.6) is 0 Å². The van der Waals surface area contributed by atoms with Crippen LogP contribution in [0.4, 0.5) is 8.68 Å². The highest BCUT2D eigenvalue weighted by Gasteiger charge is 2.58. The number of rotatable bonds is 11. The van der Waals surface area contributed by atoms with E-state index in [9.17, 15) is 23.4 Å². The molecule has 5 rings (SSSR count). The van der Waals surface area contributed by atoms with Gasteiger partial charge < -0.3 is 39.0 Å². The molecule has 0 saturated carbocycles. The van der Waals surface area contributed by atoms with Crippen LogP contribution in [0, 0.1) is 11.8 Å². The van der Waals surface area contributed by atoms with Crippen molar-refractivity contribution in [3.63, 3.8) is 0 Å². The Labute approximate surface area is 356 Å². The Morgan fingerprint density at radius 3 is 2.47 bits per heavy atom. The van der Waals surface area contributed by atoms with Crippen LogP contribution in [0.2, 0.25) is 0 Å². The number of hydrogen-bond donors (Lipinski definition) is 2. The Hall–Kier alpha value is -2.78. The van der Waals surface area contributed by atoms with E-state index in [0.717, 1.165) is 17.1 Å². The van der Waals surface area contributed by atoms with Crippen molar-refractivity contribution in [3.05, 3.63) is 17.8 Å². The van der Waals surface area contributed by atoms with Crippen molar-refractivity contribution in [2.45, 2.75) is 154 Å². The highest BCUT2D eigenvalue weighted by molar-refractivity contribution is 7.93. The number of likely N-dealkylation sites (N-methyl/N-ethyl adjacent to an activating group) is 1. The largest absolute Gasteiger partial charge is 0.458 e. The van der Waals surface area contributed by atoms with Gasteiger partial charge in [0.1, 0.15) is 34.6 Å². The van der Waals surface area contributed by atoms with Crippen LogP contribution in [-0.2, 0) is 39.8 Å². The summed E-state index contributed by atoms with van der Waals surface area (Å²) in [7, 11) is 5.38. The van der Waals surface area contributed by atoms with Gasteiger partial charge in [-0.3, -0.25) is 19.2 Å².